The topological polar surface area (TPSA) is 89.9 Å². The highest BCUT2D eigenvalue weighted by Gasteiger charge is 2.18. The number of halogens is 1. The van der Waals surface area contributed by atoms with Gasteiger partial charge in [-0.15, -0.1) is 0 Å². The minimum absolute atomic E-state index is 0.370. The molecule has 15 heavy (non-hydrogen) atoms. The van der Waals surface area contributed by atoms with Gasteiger partial charge in [0.1, 0.15) is 16.8 Å². The van der Waals surface area contributed by atoms with Crippen molar-refractivity contribution in [1.29, 1.82) is 0 Å². The van der Waals surface area contributed by atoms with Crippen molar-refractivity contribution in [3.8, 4) is 5.75 Å². The first kappa shape index (κ1) is 11.8. The van der Waals surface area contributed by atoms with Crippen LogP contribution < -0.4 is 4.74 Å². The highest BCUT2D eigenvalue weighted by Crippen LogP contribution is 2.23. The molecule has 0 saturated carbocycles. The lowest BCUT2D eigenvalue weighted by atomic mass is 10.3. The number of para-hydroxylation sites is 1. The van der Waals surface area contributed by atoms with Gasteiger partial charge in [0.25, 0.3) is 10.1 Å². The van der Waals surface area contributed by atoms with E-state index < -0.39 is 21.2 Å². The van der Waals surface area contributed by atoms with Crippen LogP contribution in [0.3, 0.4) is 0 Å². The summed E-state index contributed by atoms with van der Waals surface area (Å²) in [7, 11) is -4.46. The number of hydrogen-bond donors (Lipinski definition) is 1. The van der Waals surface area contributed by atoms with Gasteiger partial charge in [0.05, 0.1) is 0 Å². The zero-order valence-corrected chi connectivity index (χ0v) is 8.66. The molecule has 0 spiro atoms. The van der Waals surface area contributed by atoms with Gasteiger partial charge in [-0.05, 0) is 12.1 Å². The average molecular weight is 253 g/mol. The Bertz CT molecular complexity index is 468. The van der Waals surface area contributed by atoms with E-state index in [2.05, 4.69) is 20.9 Å². The zero-order chi connectivity index (χ0) is 11.5. The molecular formula is C7H5ClO6S. The fourth-order valence-corrected chi connectivity index (χ4v) is 1.50. The Morgan fingerprint density at radius 2 is 1.93 bits per heavy atom. The standard InChI is InChI=1S/C7H5ClO6S/c8-14-7(9)13-5-3-1-2-4-6(5)15(10,11)12/h1-4H,(H,10,11,12). The molecule has 1 rings (SSSR count). The zero-order valence-electron chi connectivity index (χ0n) is 7.08. The van der Waals surface area contributed by atoms with Crippen LogP contribution in [0.15, 0.2) is 29.2 Å². The summed E-state index contributed by atoms with van der Waals surface area (Å²) in [6.45, 7) is 0. The van der Waals surface area contributed by atoms with Gasteiger partial charge in [-0.1, -0.05) is 12.1 Å². The molecule has 0 unspecified atom stereocenters. The molecule has 82 valence electrons. The molecule has 0 aliphatic carbocycles. The fraction of sp³-hybridized carbons (Fsp3) is 0. The van der Waals surface area contributed by atoms with Crippen molar-refractivity contribution in [1.82, 2.24) is 0 Å². The monoisotopic (exact) mass is 252 g/mol. The van der Waals surface area contributed by atoms with Crippen molar-refractivity contribution < 1.29 is 26.8 Å². The summed E-state index contributed by atoms with van der Waals surface area (Å²) in [5.41, 5.74) is 0. The van der Waals surface area contributed by atoms with Crippen LogP contribution in [0, 0.1) is 0 Å². The number of carbonyl (C=O) groups excluding carboxylic acids is 1. The van der Waals surface area contributed by atoms with Crippen molar-refractivity contribution in [2.24, 2.45) is 0 Å². The molecule has 0 radical (unpaired) electrons. The van der Waals surface area contributed by atoms with Crippen molar-refractivity contribution in [2.45, 2.75) is 4.90 Å². The Balaban J connectivity index is 3.13. The Labute approximate surface area is 90.3 Å². The summed E-state index contributed by atoms with van der Waals surface area (Å²) >= 11 is 4.68. The number of carbonyl (C=O) groups is 1. The second kappa shape index (κ2) is 4.47. The van der Waals surface area contributed by atoms with Crippen LogP contribution in [0.2, 0.25) is 0 Å². The quantitative estimate of drug-likeness (QED) is 0.488. The van der Waals surface area contributed by atoms with Crippen molar-refractivity contribution in [3.63, 3.8) is 0 Å². The second-order valence-electron chi connectivity index (χ2n) is 2.35. The van der Waals surface area contributed by atoms with Crippen LogP contribution in [0.5, 0.6) is 5.75 Å². The third-order valence-corrected chi connectivity index (χ3v) is 2.40. The van der Waals surface area contributed by atoms with Gasteiger partial charge in [0.15, 0.2) is 5.75 Å². The van der Waals surface area contributed by atoms with Gasteiger partial charge in [-0.3, -0.25) is 4.55 Å². The van der Waals surface area contributed by atoms with Gasteiger partial charge in [-0.25, -0.2) is 4.79 Å². The van der Waals surface area contributed by atoms with E-state index >= 15 is 0 Å². The number of ether oxygens (including phenoxy) is 1. The molecule has 1 aromatic rings. The molecule has 1 N–H and O–H groups in total. The molecule has 0 aromatic heterocycles. The SMILES string of the molecule is O=C(OCl)Oc1ccccc1S(=O)(=O)O. The predicted molar refractivity (Wildman–Crippen MR) is 49.2 cm³/mol. The molecular weight excluding hydrogens is 248 g/mol. The first-order valence-corrected chi connectivity index (χ1v) is 5.27. The van der Waals surface area contributed by atoms with Crippen molar-refractivity contribution in [2.75, 3.05) is 0 Å². The highest BCUT2D eigenvalue weighted by molar-refractivity contribution is 7.86. The van der Waals surface area contributed by atoms with E-state index in [-0.39, 0.29) is 5.75 Å². The van der Waals surface area contributed by atoms with Crippen LogP contribution in [-0.2, 0) is 14.4 Å². The first-order chi connectivity index (χ1) is 6.95. The smallest absolute Gasteiger partial charge is 0.392 e. The lowest BCUT2D eigenvalue weighted by Crippen LogP contribution is -2.09. The number of benzene rings is 1. The van der Waals surface area contributed by atoms with E-state index in [9.17, 15) is 13.2 Å². The predicted octanol–water partition coefficient (Wildman–Crippen LogP) is 1.60. The van der Waals surface area contributed by atoms with Gasteiger partial charge < -0.3 is 9.03 Å². The summed E-state index contributed by atoms with van der Waals surface area (Å²) in [4.78, 5) is 10.1. The molecule has 6 nitrogen and oxygen atoms in total. The molecule has 0 heterocycles. The van der Waals surface area contributed by atoms with Crippen LogP contribution in [0.25, 0.3) is 0 Å². The van der Waals surface area contributed by atoms with Gasteiger partial charge in [0, 0.05) is 0 Å². The Kier molecular flexibility index (Phi) is 3.51. The van der Waals surface area contributed by atoms with Crippen molar-refractivity contribution >= 4 is 28.1 Å². The minimum atomic E-state index is -4.46. The largest absolute Gasteiger partial charge is 0.532 e. The van der Waals surface area contributed by atoms with E-state index in [0.29, 0.717) is 0 Å². The molecule has 0 aliphatic rings. The van der Waals surface area contributed by atoms with E-state index in [1.807, 2.05) is 0 Å². The second-order valence-corrected chi connectivity index (χ2v) is 3.90. The third-order valence-electron chi connectivity index (χ3n) is 1.38. The van der Waals surface area contributed by atoms with E-state index in [1.165, 1.54) is 12.1 Å². The molecule has 0 fully saturated rings. The fourth-order valence-electron chi connectivity index (χ4n) is 0.853. The Morgan fingerprint density at radius 1 is 1.33 bits per heavy atom. The molecule has 8 heteroatoms. The van der Waals surface area contributed by atoms with Crippen LogP contribution in [0.1, 0.15) is 0 Å². The first-order valence-electron chi connectivity index (χ1n) is 3.52. The van der Waals surface area contributed by atoms with E-state index in [4.69, 9.17) is 4.55 Å². The summed E-state index contributed by atoms with van der Waals surface area (Å²) in [5, 5.41) is 0. The maximum atomic E-state index is 10.8. The summed E-state index contributed by atoms with van der Waals surface area (Å²) in [6, 6.07) is 4.98. The minimum Gasteiger partial charge on any atom is -0.392 e. The lowest BCUT2D eigenvalue weighted by molar-refractivity contribution is 0.155. The Morgan fingerprint density at radius 3 is 2.47 bits per heavy atom. The number of hydrogen-bond acceptors (Lipinski definition) is 5. The van der Waals surface area contributed by atoms with E-state index in [0.717, 1.165) is 12.1 Å². The average Bonchev–Trinajstić information content (AvgIpc) is 2.17. The maximum Gasteiger partial charge on any atom is 0.532 e. The third kappa shape index (κ3) is 3.08. The highest BCUT2D eigenvalue weighted by atomic mass is 35.5. The molecule has 0 atom stereocenters. The van der Waals surface area contributed by atoms with Crippen molar-refractivity contribution in [3.05, 3.63) is 24.3 Å². The van der Waals surface area contributed by atoms with Gasteiger partial charge in [-0.2, -0.15) is 8.42 Å². The molecule has 0 amide bonds. The van der Waals surface area contributed by atoms with Crippen LogP contribution in [0.4, 0.5) is 4.79 Å². The van der Waals surface area contributed by atoms with Gasteiger partial charge in [0.2, 0.25) is 0 Å². The molecule has 0 aliphatic heterocycles. The summed E-state index contributed by atoms with van der Waals surface area (Å²) < 4.78 is 38.4. The van der Waals surface area contributed by atoms with Crippen LogP contribution >= 0.6 is 11.9 Å². The van der Waals surface area contributed by atoms with E-state index in [1.54, 1.807) is 0 Å². The molecule has 0 bridgehead atoms. The van der Waals surface area contributed by atoms with Gasteiger partial charge >= 0.3 is 6.16 Å². The maximum absolute atomic E-state index is 10.8. The molecule has 0 saturated heterocycles. The summed E-state index contributed by atoms with van der Waals surface area (Å²) in [5.74, 6) is -0.370. The number of rotatable bonds is 2. The normalized spacial score (nSPS) is 10.8. The lowest BCUT2D eigenvalue weighted by Gasteiger charge is -2.04. The summed E-state index contributed by atoms with van der Waals surface area (Å²) in [6.07, 6.45) is -1.30. The Hall–Kier alpha value is -1.31. The molecule has 1 aromatic carbocycles. The van der Waals surface area contributed by atoms with Crippen LogP contribution in [-0.4, -0.2) is 19.1 Å².